The van der Waals surface area contributed by atoms with Gasteiger partial charge in [0.05, 0.1) is 4.90 Å². The van der Waals surface area contributed by atoms with E-state index in [1.54, 1.807) is 13.0 Å². The Hall–Kier alpha value is -0.900. The van der Waals surface area contributed by atoms with Crippen LogP contribution in [0.3, 0.4) is 0 Å². The van der Waals surface area contributed by atoms with Crippen LogP contribution in [-0.4, -0.2) is 58.5 Å². The summed E-state index contributed by atoms with van der Waals surface area (Å²) in [5.74, 6) is -0.627. The number of primary amides is 1. The number of nitrogens with two attached hydrogens (primary N) is 1. The molecule has 1 saturated heterocycles. The molecular weight excluding hydrogens is 387 g/mol. The van der Waals surface area contributed by atoms with Crippen molar-refractivity contribution < 1.29 is 13.2 Å². The van der Waals surface area contributed by atoms with Gasteiger partial charge < -0.3 is 16.0 Å². The number of carbonyl (C=O) groups is 1. The lowest BCUT2D eigenvalue weighted by molar-refractivity contribution is 0.0999. The first-order valence-corrected chi connectivity index (χ1v) is 9.21. The van der Waals surface area contributed by atoms with E-state index in [0.29, 0.717) is 12.1 Å². The second-order valence-electron chi connectivity index (χ2n) is 5.68. The van der Waals surface area contributed by atoms with Crippen molar-refractivity contribution in [1.29, 1.82) is 0 Å². The predicted octanol–water partition coefficient (Wildman–Crippen LogP) is 0.511. The van der Waals surface area contributed by atoms with Gasteiger partial charge >= 0.3 is 0 Å². The zero-order chi connectivity index (χ0) is 16.9. The number of rotatable bonds is 7. The highest BCUT2D eigenvalue weighted by Gasteiger charge is 2.17. The molecule has 144 valence electrons. The van der Waals surface area contributed by atoms with Crippen molar-refractivity contribution in [2.24, 2.45) is 5.73 Å². The molecule has 1 fully saturated rings. The lowest BCUT2D eigenvalue weighted by Crippen LogP contribution is -2.44. The van der Waals surface area contributed by atoms with Gasteiger partial charge in [-0.3, -0.25) is 4.79 Å². The van der Waals surface area contributed by atoms with Crippen molar-refractivity contribution in [1.82, 2.24) is 14.9 Å². The number of carbonyl (C=O) groups excluding carboxylic acids is 1. The van der Waals surface area contributed by atoms with Gasteiger partial charge in [0.1, 0.15) is 0 Å². The molecule has 0 spiro atoms. The van der Waals surface area contributed by atoms with Gasteiger partial charge in [-0.05, 0) is 37.6 Å². The van der Waals surface area contributed by atoms with Gasteiger partial charge in [-0.1, -0.05) is 6.07 Å². The highest BCUT2D eigenvalue weighted by Crippen LogP contribution is 2.15. The van der Waals surface area contributed by atoms with E-state index in [1.165, 1.54) is 12.1 Å². The quantitative estimate of drug-likeness (QED) is 0.565. The van der Waals surface area contributed by atoms with Gasteiger partial charge in [0, 0.05) is 38.3 Å². The van der Waals surface area contributed by atoms with Crippen LogP contribution < -0.4 is 15.8 Å². The molecule has 2 rings (SSSR count). The molecule has 0 saturated carbocycles. The average molecular weight is 413 g/mol. The Kier molecular flexibility index (Phi) is 10.6. The van der Waals surface area contributed by atoms with E-state index in [-0.39, 0.29) is 35.3 Å². The number of amides is 1. The van der Waals surface area contributed by atoms with Crippen LogP contribution in [0.15, 0.2) is 23.1 Å². The molecule has 1 aromatic rings. The summed E-state index contributed by atoms with van der Waals surface area (Å²) in [5.41, 5.74) is 6.16. The molecule has 1 aliphatic heterocycles. The zero-order valence-corrected chi connectivity index (χ0v) is 16.6. The monoisotopic (exact) mass is 412 g/mol. The van der Waals surface area contributed by atoms with Crippen LogP contribution in [0, 0.1) is 6.92 Å². The van der Waals surface area contributed by atoms with Gasteiger partial charge in [0.2, 0.25) is 15.9 Å². The van der Waals surface area contributed by atoms with Gasteiger partial charge in [0.15, 0.2) is 0 Å². The fourth-order valence-electron chi connectivity index (χ4n) is 2.56. The van der Waals surface area contributed by atoms with Crippen molar-refractivity contribution in [3.05, 3.63) is 29.3 Å². The first kappa shape index (κ1) is 24.1. The first-order valence-electron chi connectivity index (χ1n) is 7.73. The Morgan fingerprint density at radius 1 is 1.28 bits per heavy atom. The van der Waals surface area contributed by atoms with Crippen molar-refractivity contribution in [3.63, 3.8) is 0 Å². The summed E-state index contributed by atoms with van der Waals surface area (Å²) in [6.45, 7) is 6.89. The van der Waals surface area contributed by atoms with Crippen LogP contribution in [0.25, 0.3) is 0 Å². The molecule has 1 aromatic carbocycles. The van der Waals surface area contributed by atoms with E-state index >= 15 is 0 Å². The van der Waals surface area contributed by atoms with Crippen LogP contribution >= 0.6 is 24.8 Å². The van der Waals surface area contributed by atoms with E-state index < -0.39 is 15.9 Å². The molecule has 0 radical (unpaired) electrons. The van der Waals surface area contributed by atoms with E-state index in [4.69, 9.17) is 5.73 Å². The van der Waals surface area contributed by atoms with Crippen LogP contribution in [0.5, 0.6) is 0 Å². The number of aryl methyl sites for hydroxylation is 1. The maximum Gasteiger partial charge on any atom is 0.249 e. The minimum atomic E-state index is -3.62. The Labute approximate surface area is 161 Å². The highest BCUT2D eigenvalue weighted by molar-refractivity contribution is 7.89. The molecule has 25 heavy (non-hydrogen) atoms. The molecule has 1 amide bonds. The van der Waals surface area contributed by atoms with Crippen LogP contribution in [-0.2, 0) is 10.0 Å². The molecule has 1 aliphatic rings. The summed E-state index contributed by atoms with van der Waals surface area (Å²) in [6, 6.07) is 4.41. The normalized spacial score (nSPS) is 15.1. The molecule has 0 aromatic heterocycles. The third-order valence-corrected chi connectivity index (χ3v) is 5.40. The molecule has 10 heteroatoms. The number of benzene rings is 1. The molecule has 0 bridgehead atoms. The number of hydrogen-bond acceptors (Lipinski definition) is 5. The van der Waals surface area contributed by atoms with Gasteiger partial charge in [-0.2, -0.15) is 0 Å². The van der Waals surface area contributed by atoms with Crippen molar-refractivity contribution in [2.45, 2.75) is 18.2 Å². The SMILES string of the molecule is Cc1ccc(S(=O)(=O)NCCCN2CCNCC2)cc1C(N)=O.Cl.Cl. The lowest BCUT2D eigenvalue weighted by atomic mass is 10.1. The molecule has 7 nitrogen and oxygen atoms in total. The molecular formula is C15H26Cl2N4O3S. The van der Waals surface area contributed by atoms with Crippen LogP contribution in [0.1, 0.15) is 22.3 Å². The summed E-state index contributed by atoms with van der Waals surface area (Å²) in [6.07, 6.45) is 0.744. The van der Waals surface area contributed by atoms with Gasteiger partial charge in [-0.15, -0.1) is 24.8 Å². The third-order valence-electron chi connectivity index (χ3n) is 3.94. The van der Waals surface area contributed by atoms with Crippen molar-refractivity contribution >= 4 is 40.7 Å². The van der Waals surface area contributed by atoms with Crippen molar-refractivity contribution in [3.8, 4) is 0 Å². The minimum Gasteiger partial charge on any atom is -0.366 e. The second-order valence-corrected chi connectivity index (χ2v) is 7.45. The van der Waals surface area contributed by atoms with Crippen LogP contribution in [0.4, 0.5) is 0 Å². The standard InChI is InChI=1S/C15H24N4O3S.2ClH/c1-12-3-4-13(11-14(12)15(16)20)23(21,22)18-5-2-8-19-9-6-17-7-10-19;;/h3-4,11,17-18H,2,5-10H2,1H3,(H2,16,20);2*1H. The first-order chi connectivity index (χ1) is 10.9. The van der Waals surface area contributed by atoms with E-state index in [1.807, 2.05) is 0 Å². The maximum absolute atomic E-state index is 12.3. The maximum atomic E-state index is 12.3. The van der Waals surface area contributed by atoms with E-state index in [0.717, 1.165) is 39.1 Å². The fourth-order valence-corrected chi connectivity index (χ4v) is 3.66. The number of nitrogens with one attached hydrogen (secondary N) is 2. The Morgan fingerprint density at radius 3 is 2.52 bits per heavy atom. The fraction of sp³-hybridized carbons (Fsp3) is 0.533. The number of sulfonamides is 1. The highest BCUT2D eigenvalue weighted by atomic mass is 35.5. The van der Waals surface area contributed by atoms with Gasteiger partial charge in [0.25, 0.3) is 0 Å². The Morgan fingerprint density at radius 2 is 1.92 bits per heavy atom. The number of hydrogen-bond donors (Lipinski definition) is 3. The average Bonchev–Trinajstić information content (AvgIpc) is 2.52. The lowest BCUT2D eigenvalue weighted by Gasteiger charge is -2.27. The van der Waals surface area contributed by atoms with Crippen LogP contribution in [0.2, 0.25) is 0 Å². The number of halogens is 2. The van der Waals surface area contributed by atoms with Gasteiger partial charge in [-0.25, -0.2) is 13.1 Å². The summed E-state index contributed by atoms with van der Waals surface area (Å²) < 4.78 is 27.1. The molecule has 0 atom stereocenters. The Balaban J connectivity index is 0.00000288. The number of nitrogens with zero attached hydrogens (tertiary/aromatic N) is 1. The molecule has 0 aliphatic carbocycles. The zero-order valence-electron chi connectivity index (χ0n) is 14.2. The molecule has 4 N–H and O–H groups in total. The largest absolute Gasteiger partial charge is 0.366 e. The molecule has 0 unspecified atom stereocenters. The summed E-state index contributed by atoms with van der Waals surface area (Å²) in [4.78, 5) is 13.7. The summed E-state index contributed by atoms with van der Waals surface area (Å²) in [7, 11) is -3.62. The third kappa shape index (κ3) is 7.08. The topological polar surface area (TPSA) is 105 Å². The van der Waals surface area contributed by atoms with Crippen molar-refractivity contribution in [2.75, 3.05) is 39.3 Å². The smallest absolute Gasteiger partial charge is 0.249 e. The number of piperazine rings is 1. The molecule has 1 heterocycles. The summed E-state index contributed by atoms with van der Waals surface area (Å²) in [5, 5.41) is 3.28. The predicted molar refractivity (Wildman–Crippen MR) is 103 cm³/mol. The van der Waals surface area contributed by atoms with E-state index in [9.17, 15) is 13.2 Å². The second kappa shape index (κ2) is 10.9. The summed E-state index contributed by atoms with van der Waals surface area (Å²) >= 11 is 0. The van der Waals surface area contributed by atoms with E-state index in [2.05, 4.69) is 14.9 Å². The Bertz CT molecular complexity index is 665. The minimum absolute atomic E-state index is 0.